The summed E-state index contributed by atoms with van der Waals surface area (Å²) in [5.41, 5.74) is 2.51. The highest BCUT2D eigenvalue weighted by Gasteiger charge is 2.41. The van der Waals surface area contributed by atoms with Crippen molar-refractivity contribution in [1.29, 1.82) is 0 Å². The van der Waals surface area contributed by atoms with Crippen LogP contribution in [0.25, 0.3) is 0 Å². The SMILES string of the molecule is C=C1CC[C@@H](C(=C)C=O)CC2C(=C)C(=O)CC12. The molecule has 90 valence electrons. The molecule has 2 saturated carbocycles. The molecule has 0 aromatic rings. The van der Waals surface area contributed by atoms with E-state index in [1.165, 1.54) is 0 Å². The maximum absolute atomic E-state index is 11.7. The number of carbonyl (C=O) groups is 2. The molecule has 2 heteroatoms. The molecule has 2 fully saturated rings. The molecule has 0 spiro atoms. The molecule has 2 rings (SSSR count). The first-order valence-electron chi connectivity index (χ1n) is 6.08. The fourth-order valence-corrected chi connectivity index (χ4v) is 3.06. The molecule has 0 amide bonds. The monoisotopic (exact) mass is 230 g/mol. The summed E-state index contributed by atoms with van der Waals surface area (Å²) in [5.74, 6) is 0.777. The number of ketones is 1. The minimum Gasteiger partial charge on any atom is -0.298 e. The highest BCUT2D eigenvalue weighted by Crippen LogP contribution is 2.46. The van der Waals surface area contributed by atoms with Gasteiger partial charge >= 0.3 is 0 Å². The second-order valence-corrected chi connectivity index (χ2v) is 5.19. The second-order valence-electron chi connectivity index (χ2n) is 5.19. The summed E-state index contributed by atoms with van der Waals surface area (Å²) in [6.45, 7) is 11.8. The first kappa shape index (κ1) is 12.0. The first-order chi connectivity index (χ1) is 8.04. The Labute approximate surface area is 102 Å². The Morgan fingerprint density at radius 2 is 2.00 bits per heavy atom. The number of hydrogen-bond donors (Lipinski definition) is 0. The Kier molecular flexibility index (Phi) is 3.14. The Balaban J connectivity index is 2.25. The standard InChI is InChI=1S/C15H18O2/c1-9-4-5-12(10(2)8-16)6-14-11(3)15(17)7-13(9)14/h8,12-14H,1-7H2/t12-,13?,14?/m1/s1. The minimum absolute atomic E-state index is 0.165. The van der Waals surface area contributed by atoms with E-state index < -0.39 is 0 Å². The van der Waals surface area contributed by atoms with Crippen molar-refractivity contribution < 1.29 is 9.59 Å². The van der Waals surface area contributed by atoms with Gasteiger partial charge in [0, 0.05) is 6.42 Å². The largest absolute Gasteiger partial charge is 0.298 e. The van der Waals surface area contributed by atoms with Gasteiger partial charge in [0.25, 0.3) is 0 Å². The summed E-state index contributed by atoms with van der Waals surface area (Å²) in [6.07, 6.45) is 4.03. The van der Waals surface area contributed by atoms with E-state index in [0.29, 0.717) is 12.0 Å². The predicted molar refractivity (Wildman–Crippen MR) is 67.4 cm³/mol. The first-order valence-corrected chi connectivity index (χ1v) is 6.08. The Morgan fingerprint density at radius 1 is 1.29 bits per heavy atom. The van der Waals surface area contributed by atoms with Gasteiger partial charge in [0.05, 0.1) is 0 Å². The molecular formula is C15H18O2. The van der Waals surface area contributed by atoms with Crippen LogP contribution in [-0.4, -0.2) is 12.1 Å². The molecule has 0 aliphatic heterocycles. The molecule has 2 unspecified atom stereocenters. The number of rotatable bonds is 2. The van der Waals surface area contributed by atoms with Crippen LogP contribution in [0.3, 0.4) is 0 Å². The maximum atomic E-state index is 11.7. The van der Waals surface area contributed by atoms with Crippen molar-refractivity contribution in [2.45, 2.75) is 25.7 Å². The number of fused-ring (bicyclic) bond motifs is 1. The Hall–Kier alpha value is -1.44. The number of Topliss-reactive ketones (excluding diaryl/α,β-unsaturated/α-hetero) is 1. The fourth-order valence-electron chi connectivity index (χ4n) is 3.06. The van der Waals surface area contributed by atoms with E-state index >= 15 is 0 Å². The summed E-state index contributed by atoms with van der Waals surface area (Å²) in [5, 5.41) is 0. The normalized spacial score (nSPS) is 33.2. The number of aldehydes is 1. The highest BCUT2D eigenvalue weighted by molar-refractivity contribution is 5.98. The van der Waals surface area contributed by atoms with Crippen molar-refractivity contribution in [3.63, 3.8) is 0 Å². The van der Waals surface area contributed by atoms with Crippen LogP contribution in [0, 0.1) is 17.8 Å². The summed E-state index contributed by atoms with van der Waals surface area (Å²) in [4.78, 5) is 22.5. The van der Waals surface area contributed by atoms with Crippen LogP contribution in [0.1, 0.15) is 25.7 Å². The average Bonchev–Trinajstić information content (AvgIpc) is 2.50. The zero-order valence-corrected chi connectivity index (χ0v) is 10.1. The molecule has 2 aliphatic carbocycles. The van der Waals surface area contributed by atoms with Gasteiger partial charge in [-0.05, 0) is 48.2 Å². The van der Waals surface area contributed by atoms with Crippen LogP contribution in [0.2, 0.25) is 0 Å². The van der Waals surface area contributed by atoms with Gasteiger partial charge in [-0.15, -0.1) is 0 Å². The molecule has 17 heavy (non-hydrogen) atoms. The van der Waals surface area contributed by atoms with Crippen LogP contribution in [0.4, 0.5) is 0 Å². The van der Waals surface area contributed by atoms with Gasteiger partial charge in [0.15, 0.2) is 5.78 Å². The van der Waals surface area contributed by atoms with Crippen LogP contribution < -0.4 is 0 Å². The quantitative estimate of drug-likeness (QED) is 0.415. The van der Waals surface area contributed by atoms with Crippen molar-refractivity contribution in [2.75, 3.05) is 0 Å². The van der Waals surface area contributed by atoms with Crippen molar-refractivity contribution >= 4 is 12.1 Å². The predicted octanol–water partition coefficient (Wildman–Crippen LogP) is 2.86. The van der Waals surface area contributed by atoms with Gasteiger partial charge in [0.1, 0.15) is 6.29 Å². The molecule has 3 atom stereocenters. The van der Waals surface area contributed by atoms with Crippen LogP contribution in [0.15, 0.2) is 36.5 Å². The molecular weight excluding hydrogens is 212 g/mol. The number of allylic oxidation sites excluding steroid dienone is 3. The van der Waals surface area contributed by atoms with Gasteiger partial charge in [-0.25, -0.2) is 0 Å². The molecule has 0 saturated heterocycles. The van der Waals surface area contributed by atoms with Gasteiger partial charge < -0.3 is 0 Å². The molecule has 2 nitrogen and oxygen atoms in total. The summed E-state index contributed by atoms with van der Waals surface area (Å²) < 4.78 is 0. The zero-order chi connectivity index (χ0) is 12.6. The summed E-state index contributed by atoms with van der Waals surface area (Å²) in [6, 6.07) is 0. The van der Waals surface area contributed by atoms with E-state index in [4.69, 9.17) is 0 Å². The lowest BCUT2D eigenvalue weighted by molar-refractivity contribution is -0.114. The number of carbonyl (C=O) groups excluding carboxylic acids is 2. The van der Waals surface area contributed by atoms with Gasteiger partial charge in [0.2, 0.25) is 0 Å². The van der Waals surface area contributed by atoms with Gasteiger partial charge in [-0.3, -0.25) is 9.59 Å². The smallest absolute Gasteiger partial charge is 0.159 e. The van der Waals surface area contributed by atoms with E-state index in [2.05, 4.69) is 19.7 Å². The van der Waals surface area contributed by atoms with Gasteiger partial charge in [-0.2, -0.15) is 0 Å². The lowest BCUT2D eigenvalue weighted by Crippen LogP contribution is -2.13. The maximum Gasteiger partial charge on any atom is 0.159 e. The fraction of sp³-hybridized carbons (Fsp3) is 0.467. The Bertz CT molecular complexity index is 417. The van der Waals surface area contributed by atoms with Gasteiger partial charge in [-0.1, -0.05) is 25.3 Å². The third-order valence-electron chi connectivity index (χ3n) is 4.25. The van der Waals surface area contributed by atoms with E-state index in [1.807, 2.05) is 0 Å². The molecule has 0 N–H and O–H groups in total. The van der Waals surface area contributed by atoms with E-state index in [0.717, 1.165) is 36.7 Å². The van der Waals surface area contributed by atoms with Crippen molar-refractivity contribution in [1.82, 2.24) is 0 Å². The Morgan fingerprint density at radius 3 is 2.65 bits per heavy atom. The topological polar surface area (TPSA) is 34.1 Å². The third kappa shape index (κ3) is 2.04. The minimum atomic E-state index is 0.165. The lowest BCUT2D eigenvalue weighted by atomic mass is 9.83. The summed E-state index contributed by atoms with van der Waals surface area (Å²) in [7, 11) is 0. The van der Waals surface area contributed by atoms with Crippen LogP contribution in [-0.2, 0) is 9.59 Å². The highest BCUT2D eigenvalue weighted by atomic mass is 16.1. The third-order valence-corrected chi connectivity index (χ3v) is 4.25. The van der Waals surface area contributed by atoms with E-state index in [1.54, 1.807) is 0 Å². The van der Waals surface area contributed by atoms with Crippen molar-refractivity contribution in [3.8, 4) is 0 Å². The number of hydrogen-bond acceptors (Lipinski definition) is 2. The van der Waals surface area contributed by atoms with Crippen molar-refractivity contribution in [3.05, 3.63) is 36.5 Å². The van der Waals surface area contributed by atoms with E-state index in [9.17, 15) is 9.59 Å². The molecule has 2 aliphatic rings. The van der Waals surface area contributed by atoms with Crippen LogP contribution in [0.5, 0.6) is 0 Å². The average molecular weight is 230 g/mol. The molecule has 0 bridgehead atoms. The molecule has 0 aromatic heterocycles. The van der Waals surface area contributed by atoms with E-state index in [-0.39, 0.29) is 23.5 Å². The summed E-state index contributed by atoms with van der Waals surface area (Å²) >= 11 is 0. The molecule has 0 heterocycles. The lowest BCUT2D eigenvalue weighted by Gasteiger charge is -2.20. The van der Waals surface area contributed by atoms with Crippen LogP contribution >= 0.6 is 0 Å². The molecule has 0 radical (unpaired) electrons. The second kappa shape index (κ2) is 4.44. The molecule has 0 aromatic carbocycles. The zero-order valence-electron chi connectivity index (χ0n) is 10.1. The van der Waals surface area contributed by atoms with Crippen molar-refractivity contribution in [2.24, 2.45) is 17.8 Å².